The van der Waals surface area contributed by atoms with Gasteiger partial charge in [-0.15, -0.1) is 11.3 Å². The molecule has 4 nitrogen and oxygen atoms in total. The normalized spacial score (nSPS) is 11.0. The monoisotopic (exact) mass is 272 g/mol. The van der Waals surface area contributed by atoms with Crippen LogP contribution in [0.2, 0.25) is 0 Å². The molecule has 0 N–H and O–H groups in total. The Morgan fingerprint density at radius 2 is 2.16 bits per heavy atom. The molecule has 0 aromatic carbocycles. The van der Waals surface area contributed by atoms with Crippen LogP contribution < -0.4 is 0 Å². The summed E-state index contributed by atoms with van der Waals surface area (Å²) in [5.41, 5.74) is 1.30. The van der Waals surface area contributed by atoms with E-state index in [9.17, 15) is 0 Å². The highest BCUT2D eigenvalue weighted by atomic mass is 32.1. The number of thiophene rings is 1. The number of nitrogens with zero attached hydrogens (tertiary/aromatic N) is 4. The van der Waals surface area contributed by atoms with Crippen LogP contribution in [0.15, 0.2) is 42.6 Å². The van der Waals surface area contributed by atoms with Crippen molar-refractivity contribution in [3.05, 3.63) is 48.1 Å². The fraction of sp³-hybridized carbons (Fsp3) is 0.286. The first-order valence-electron chi connectivity index (χ1n) is 6.36. The Balaban J connectivity index is 1.69. The van der Waals surface area contributed by atoms with Crippen LogP contribution in [0.4, 0.5) is 0 Å². The molecule has 0 aliphatic carbocycles. The molecule has 0 bridgehead atoms. The maximum atomic E-state index is 4.49. The smallest absolute Gasteiger partial charge is 0.150 e. The molecule has 3 heterocycles. The summed E-state index contributed by atoms with van der Waals surface area (Å²) in [6.45, 7) is 4.10. The van der Waals surface area contributed by atoms with Gasteiger partial charge in [-0.05, 0) is 30.4 Å². The number of aromatic nitrogens is 4. The summed E-state index contributed by atoms with van der Waals surface area (Å²) in [6, 6.07) is 2.14. The molecule has 19 heavy (non-hydrogen) atoms. The van der Waals surface area contributed by atoms with Crippen LogP contribution in [-0.4, -0.2) is 19.1 Å². The summed E-state index contributed by atoms with van der Waals surface area (Å²) >= 11 is 1.75. The van der Waals surface area contributed by atoms with Gasteiger partial charge in [-0.3, -0.25) is 0 Å². The zero-order valence-electron chi connectivity index (χ0n) is 10.9. The zero-order valence-corrected chi connectivity index (χ0v) is 11.7. The first kappa shape index (κ1) is 12.2. The Labute approximate surface area is 116 Å². The van der Waals surface area contributed by atoms with E-state index in [-0.39, 0.29) is 0 Å². The molecular formula is C14H16N4S. The minimum Gasteiger partial charge on any atom is -0.337 e. The largest absolute Gasteiger partial charge is 0.337 e. The molecule has 3 aromatic heterocycles. The Morgan fingerprint density at radius 1 is 1.21 bits per heavy atom. The molecule has 0 fully saturated rings. The summed E-state index contributed by atoms with van der Waals surface area (Å²) in [5.74, 6) is 1.08. The van der Waals surface area contributed by atoms with Crippen molar-refractivity contribution in [3.63, 3.8) is 0 Å². The lowest BCUT2D eigenvalue weighted by molar-refractivity contribution is 0.566. The van der Waals surface area contributed by atoms with E-state index >= 15 is 0 Å². The third kappa shape index (κ3) is 2.61. The number of rotatable bonds is 5. The van der Waals surface area contributed by atoms with E-state index in [1.54, 1.807) is 11.3 Å². The number of aryl methyl sites for hydroxylation is 3. The predicted octanol–water partition coefficient (Wildman–Crippen LogP) is 3.21. The highest BCUT2D eigenvalue weighted by Crippen LogP contribution is 2.27. The second-order valence-corrected chi connectivity index (χ2v) is 5.45. The summed E-state index contributed by atoms with van der Waals surface area (Å²) in [6.07, 6.45) is 10.7. The highest BCUT2D eigenvalue weighted by Gasteiger charge is 2.09. The van der Waals surface area contributed by atoms with Crippen molar-refractivity contribution in [3.8, 4) is 10.7 Å². The van der Waals surface area contributed by atoms with Gasteiger partial charge in [-0.2, -0.15) is 0 Å². The van der Waals surface area contributed by atoms with Crippen LogP contribution in [0.3, 0.4) is 0 Å². The zero-order chi connectivity index (χ0) is 13.1. The van der Waals surface area contributed by atoms with E-state index < -0.39 is 0 Å². The first-order valence-corrected chi connectivity index (χ1v) is 7.24. The minimum absolute atomic E-state index is 0.977. The summed E-state index contributed by atoms with van der Waals surface area (Å²) in [5, 5.41) is 2.12. The van der Waals surface area contributed by atoms with E-state index in [0.29, 0.717) is 0 Å². The molecule has 0 saturated heterocycles. The lowest BCUT2D eigenvalue weighted by atomic mass is 10.3. The minimum atomic E-state index is 0.977. The number of hydrogen-bond donors (Lipinski definition) is 0. The van der Waals surface area contributed by atoms with Crippen molar-refractivity contribution in [2.24, 2.45) is 0 Å². The summed E-state index contributed by atoms with van der Waals surface area (Å²) in [4.78, 5) is 9.81. The van der Waals surface area contributed by atoms with E-state index in [1.807, 2.05) is 24.9 Å². The van der Waals surface area contributed by atoms with Gasteiger partial charge in [-0.25, -0.2) is 9.97 Å². The Bertz CT molecular complexity index is 636. The van der Waals surface area contributed by atoms with Gasteiger partial charge in [0.05, 0.1) is 11.2 Å². The molecular weight excluding hydrogens is 256 g/mol. The van der Waals surface area contributed by atoms with Crippen molar-refractivity contribution in [1.29, 1.82) is 0 Å². The van der Waals surface area contributed by atoms with E-state index in [0.717, 1.165) is 25.3 Å². The molecule has 0 amide bonds. The van der Waals surface area contributed by atoms with Crippen LogP contribution in [0.25, 0.3) is 10.7 Å². The molecule has 0 atom stereocenters. The topological polar surface area (TPSA) is 35.6 Å². The standard InChI is InChI=1S/C14H16N4S/c1-12-3-10-19-13(12)14-16-5-9-18(14)7-2-6-17-8-4-15-11-17/h3-5,8-11H,2,6-7H2,1H3. The van der Waals surface area contributed by atoms with E-state index in [1.165, 1.54) is 10.4 Å². The molecule has 5 heteroatoms. The lowest BCUT2D eigenvalue weighted by Crippen LogP contribution is -2.03. The molecule has 0 unspecified atom stereocenters. The lowest BCUT2D eigenvalue weighted by Gasteiger charge is -2.07. The average Bonchev–Trinajstić information content (AvgIpc) is 3.10. The first-order chi connectivity index (χ1) is 9.34. The predicted molar refractivity (Wildman–Crippen MR) is 77.1 cm³/mol. The molecule has 0 aliphatic rings. The molecule has 0 saturated carbocycles. The Morgan fingerprint density at radius 3 is 2.89 bits per heavy atom. The number of hydrogen-bond acceptors (Lipinski definition) is 3. The fourth-order valence-corrected chi connectivity index (χ4v) is 3.08. The third-order valence-electron chi connectivity index (χ3n) is 3.16. The SMILES string of the molecule is Cc1ccsc1-c1nccn1CCCn1ccnc1. The van der Waals surface area contributed by atoms with Crippen molar-refractivity contribution >= 4 is 11.3 Å². The van der Waals surface area contributed by atoms with Crippen LogP contribution in [0, 0.1) is 6.92 Å². The molecule has 98 valence electrons. The van der Waals surface area contributed by atoms with E-state index in [2.05, 4.69) is 43.7 Å². The van der Waals surface area contributed by atoms with Crippen LogP contribution in [0.5, 0.6) is 0 Å². The van der Waals surface area contributed by atoms with Gasteiger partial charge in [0.1, 0.15) is 5.82 Å². The highest BCUT2D eigenvalue weighted by molar-refractivity contribution is 7.13. The van der Waals surface area contributed by atoms with Crippen LogP contribution in [0.1, 0.15) is 12.0 Å². The fourth-order valence-electron chi connectivity index (χ4n) is 2.14. The van der Waals surface area contributed by atoms with Crippen LogP contribution in [-0.2, 0) is 13.1 Å². The van der Waals surface area contributed by atoms with Crippen molar-refractivity contribution in [2.75, 3.05) is 0 Å². The van der Waals surface area contributed by atoms with Gasteiger partial charge in [0, 0.05) is 37.9 Å². The molecule has 3 rings (SSSR count). The molecule has 0 spiro atoms. The summed E-state index contributed by atoms with van der Waals surface area (Å²) in [7, 11) is 0. The van der Waals surface area contributed by atoms with Gasteiger partial charge < -0.3 is 9.13 Å². The van der Waals surface area contributed by atoms with Crippen molar-refractivity contribution in [2.45, 2.75) is 26.4 Å². The summed E-state index contributed by atoms with van der Waals surface area (Å²) < 4.78 is 4.34. The second kappa shape index (κ2) is 5.40. The van der Waals surface area contributed by atoms with Gasteiger partial charge in [0.2, 0.25) is 0 Å². The van der Waals surface area contributed by atoms with E-state index in [4.69, 9.17) is 0 Å². The van der Waals surface area contributed by atoms with Crippen LogP contribution >= 0.6 is 11.3 Å². The van der Waals surface area contributed by atoms with Gasteiger partial charge in [-0.1, -0.05) is 0 Å². The maximum absolute atomic E-state index is 4.49. The van der Waals surface area contributed by atoms with Gasteiger partial charge >= 0.3 is 0 Å². The second-order valence-electron chi connectivity index (χ2n) is 4.53. The van der Waals surface area contributed by atoms with Gasteiger partial charge in [0.15, 0.2) is 0 Å². The molecule has 3 aromatic rings. The maximum Gasteiger partial charge on any atom is 0.150 e. The quantitative estimate of drug-likeness (QED) is 0.715. The van der Waals surface area contributed by atoms with Crippen molar-refractivity contribution < 1.29 is 0 Å². The van der Waals surface area contributed by atoms with Crippen molar-refractivity contribution in [1.82, 2.24) is 19.1 Å². The van der Waals surface area contributed by atoms with Gasteiger partial charge in [0.25, 0.3) is 0 Å². The third-order valence-corrected chi connectivity index (χ3v) is 4.17. The Kier molecular flexibility index (Phi) is 3.46. The number of imidazole rings is 2. The average molecular weight is 272 g/mol. The Hall–Kier alpha value is -1.88. The molecule has 0 aliphatic heterocycles. The molecule has 0 radical (unpaired) electrons.